The number of benzene rings is 13. The molecular weight excluding hydrogens is 945 g/mol. The SMILES string of the molecule is c1ccc(-c2ccccc2-c2ccc(-n3c4ccc(-c5ccc(-c6ccc7ccccc7c6)cc5)cc4c4cc(-c5ccc(-c6ccc7ccccc7c6)cc5)ccc43)cc2)c(-c2ccc(-c3nc4ccccc4o3)cc2)c1. The summed E-state index contributed by atoms with van der Waals surface area (Å²) in [5.41, 5.74) is 22.6. The van der Waals surface area contributed by atoms with Gasteiger partial charge in [0.2, 0.25) is 5.89 Å². The fourth-order valence-corrected chi connectivity index (χ4v) is 11.6. The first-order valence-electron chi connectivity index (χ1n) is 26.7. The van der Waals surface area contributed by atoms with Crippen LogP contribution in [0.15, 0.2) is 296 Å². The van der Waals surface area contributed by atoms with E-state index in [2.05, 4.69) is 271 Å². The molecule has 0 aliphatic rings. The van der Waals surface area contributed by atoms with Crippen molar-refractivity contribution < 1.29 is 4.42 Å². The summed E-state index contributed by atoms with van der Waals surface area (Å²) in [6.07, 6.45) is 0. The topological polar surface area (TPSA) is 31.0 Å². The molecule has 364 valence electrons. The summed E-state index contributed by atoms with van der Waals surface area (Å²) in [6, 6.07) is 106. The minimum Gasteiger partial charge on any atom is -0.436 e. The largest absolute Gasteiger partial charge is 0.436 e. The van der Waals surface area contributed by atoms with Gasteiger partial charge in [0.15, 0.2) is 5.58 Å². The van der Waals surface area contributed by atoms with E-state index in [1.54, 1.807) is 0 Å². The van der Waals surface area contributed by atoms with Crippen LogP contribution in [0.2, 0.25) is 0 Å². The van der Waals surface area contributed by atoms with Crippen molar-refractivity contribution in [3.05, 3.63) is 291 Å². The summed E-state index contributed by atoms with van der Waals surface area (Å²) in [6.45, 7) is 0. The second-order valence-electron chi connectivity index (χ2n) is 20.3. The zero-order valence-corrected chi connectivity index (χ0v) is 42.5. The van der Waals surface area contributed by atoms with E-state index in [1.807, 2.05) is 24.3 Å². The second-order valence-corrected chi connectivity index (χ2v) is 20.3. The van der Waals surface area contributed by atoms with E-state index in [0.29, 0.717) is 5.89 Å². The van der Waals surface area contributed by atoms with Gasteiger partial charge in [-0.25, -0.2) is 4.98 Å². The molecule has 0 amide bonds. The van der Waals surface area contributed by atoms with E-state index in [4.69, 9.17) is 9.40 Å². The minimum atomic E-state index is 0.624. The molecule has 0 fully saturated rings. The van der Waals surface area contributed by atoms with Gasteiger partial charge in [0.25, 0.3) is 0 Å². The van der Waals surface area contributed by atoms with Crippen LogP contribution in [-0.4, -0.2) is 9.55 Å². The monoisotopic (exact) mass is 992 g/mol. The second kappa shape index (κ2) is 18.8. The van der Waals surface area contributed by atoms with Gasteiger partial charge in [-0.3, -0.25) is 0 Å². The van der Waals surface area contributed by atoms with Crippen molar-refractivity contribution in [2.45, 2.75) is 0 Å². The predicted octanol–water partition coefficient (Wildman–Crippen LogP) is 20.6. The van der Waals surface area contributed by atoms with Gasteiger partial charge < -0.3 is 8.98 Å². The molecule has 2 heterocycles. The van der Waals surface area contributed by atoms with Gasteiger partial charge >= 0.3 is 0 Å². The van der Waals surface area contributed by atoms with Crippen LogP contribution in [0.3, 0.4) is 0 Å². The van der Waals surface area contributed by atoms with E-state index in [-0.39, 0.29) is 0 Å². The maximum absolute atomic E-state index is 6.11. The Labute approximate surface area is 452 Å². The molecule has 2 aromatic heterocycles. The Bertz CT molecular complexity index is 4540. The van der Waals surface area contributed by atoms with Crippen LogP contribution < -0.4 is 0 Å². The molecular formula is C75H48N2O. The lowest BCUT2D eigenvalue weighted by atomic mass is 9.89. The summed E-state index contributed by atoms with van der Waals surface area (Å²) in [5, 5.41) is 7.43. The van der Waals surface area contributed by atoms with Gasteiger partial charge in [0.1, 0.15) is 5.52 Å². The van der Waals surface area contributed by atoms with Crippen molar-refractivity contribution >= 4 is 54.5 Å². The molecule has 3 nitrogen and oxygen atoms in total. The van der Waals surface area contributed by atoms with Crippen LogP contribution in [0.1, 0.15) is 0 Å². The van der Waals surface area contributed by atoms with E-state index in [1.165, 1.54) is 93.5 Å². The van der Waals surface area contributed by atoms with Crippen LogP contribution >= 0.6 is 0 Å². The number of hydrogen-bond donors (Lipinski definition) is 0. The molecule has 0 bridgehead atoms. The lowest BCUT2D eigenvalue weighted by molar-refractivity contribution is 0.620. The van der Waals surface area contributed by atoms with Crippen molar-refractivity contribution in [2.24, 2.45) is 0 Å². The summed E-state index contributed by atoms with van der Waals surface area (Å²) >= 11 is 0. The number of para-hydroxylation sites is 2. The third kappa shape index (κ3) is 8.05. The van der Waals surface area contributed by atoms with Crippen molar-refractivity contribution in [2.75, 3.05) is 0 Å². The van der Waals surface area contributed by atoms with Gasteiger partial charge in [0.05, 0.1) is 11.0 Å². The molecule has 0 atom stereocenters. The van der Waals surface area contributed by atoms with Crippen LogP contribution in [0, 0.1) is 0 Å². The van der Waals surface area contributed by atoms with Crippen molar-refractivity contribution in [3.63, 3.8) is 0 Å². The fraction of sp³-hybridized carbons (Fsp3) is 0. The van der Waals surface area contributed by atoms with Gasteiger partial charge in [-0.2, -0.15) is 0 Å². The molecule has 15 rings (SSSR count). The van der Waals surface area contributed by atoms with Crippen LogP contribution in [0.5, 0.6) is 0 Å². The quantitative estimate of drug-likeness (QED) is 0.144. The van der Waals surface area contributed by atoms with Gasteiger partial charge in [0, 0.05) is 22.0 Å². The maximum Gasteiger partial charge on any atom is 0.227 e. The number of hydrogen-bond acceptors (Lipinski definition) is 2. The first kappa shape index (κ1) is 45.1. The molecule has 0 saturated heterocycles. The van der Waals surface area contributed by atoms with Gasteiger partial charge in [-0.1, -0.05) is 218 Å². The Kier molecular flexibility index (Phi) is 10.9. The molecule has 0 saturated carbocycles. The normalized spacial score (nSPS) is 11.6. The van der Waals surface area contributed by atoms with E-state index < -0.39 is 0 Å². The van der Waals surface area contributed by atoms with Crippen LogP contribution in [-0.2, 0) is 0 Å². The Hall–Kier alpha value is -10.4. The predicted molar refractivity (Wildman–Crippen MR) is 327 cm³/mol. The number of nitrogens with zero attached hydrogens (tertiary/aromatic N) is 2. The molecule has 0 aliphatic heterocycles. The average molecular weight is 993 g/mol. The molecule has 0 spiro atoms. The molecule has 3 heteroatoms. The molecule has 0 unspecified atom stereocenters. The van der Waals surface area contributed by atoms with E-state index in [9.17, 15) is 0 Å². The third-order valence-electron chi connectivity index (χ3n) is 15.7. The lowest BCUT2D eigenvalue weighted by Crippen LogP contribution is -1.94. The van der Waals surface area contributed by atoms with Crippen molar-refractivity contribution in [1.29, 1.82) is 0 Å². The zero-order chi connectivity index (χ0) is 51.5. The summed E-state index contributed by atoms with van der Waals surface area (Å²) in [5.74, 6) is 0.624. The molecule has 15 aromatic rings. The molecule has 0 aliphatic carbocycles. The lowest BCUT2D eigenvalue weighted by Gasteiger charge is -2.16. The highest BCUT2D eigenvalue weighted by molar-refractivity contribution is 6.12. The minimum absolute atomic E-state index is 0.624. The smallest absolute Gasteiger partial charge is 0.227 e. The highest BCUT2D eigenvalue weighted by atomic mass is 16.3. The number of rotatable bonds is 9. The highest BCUT2D eigenvalue weighted by Crippen LogP contribution is 2.42. The van der Waals surface area contributed by atoms with E-state index in [0.717, 1.165) is 50.1 Å². The van der Waals surface area contributed by atoms with Crippen molar-refractivity contribution in [1.82, 2.24) is 9.55 Å². The standard InChI is InChI=1S/C75H48N2O/c1-3-13-58-45-60(35-29-49(58)11-1)51-21-25-53(26-22-51)62-39-43-72-69(47-62)70-48-63(54-27-23-52(24-28-54)61-36-30-50-12-2-4-14-59(50)46-61)40-44-73(70)77(72)64-41-37-56(38-42-64)66-16-6-8-18-68(66)67-17-7-5-15-65(67)55-31-33-57(34-32-55)75-76-71-19-9-10-20-74(71)78-75/h1-48H. The molecule has 78 heavy (non-hydrogen) atoms. The third-order valence-corrected chi connectivity index (χ3v) is 15.7. The first-order chi connectivity index (χ1) is 38.6. The first-order valence-corrected chi connectivity index (χ1v) is 26.7. The summed E-state index contributed by atoms with van der Waals surface area (Å²) in [7, 11) is 0. The van der Waals surface area contributed by atoms with Crippen molar-refractivity contribution in [3.8, 4) is 95.0 Å². The Morgan fingerprint density at radius 1 is 0.256 bits per heavy atom. The Morgan fingerprint density at radius 3 is 1.10 bits per heavy atom. The van der Waals surface area contributed by atoms with Crippen LogP contribution in [0.4, 0.5) is 0 Å². The number of fused-ring (bicyclic) bond motifs is 6. The van der Waals surface area contributed by atoms with E-state index >= 15 is 0 Å². The maximum atomic E-state index is 6.11. The Balaban J connectivity index is 0.791. The molecule has 13 aromatic carbocycles. The zero-order valence-electron chi connectivity index (χ0n) is 42.5. The number of oxazole rings is 1. The average Bonchev–Trinajstić information content (AvgIpc) is 4.18. The van der Waals surface area contributed by atoms with Gasteiger partial charge in [-0.15, -0.1) is 0 Å². The molecule has 0 N–H and O–H groups in total. The Morgan fingerprint density at radius 2 is 0.615 bits per heavy atom. The summed E-state index contributed by atoms with van der Waals surface area (Å²) in [4.78, 5) is 4.74. The number of aromatic nitrogens is 2. The molecule has 0 radical (unpaired) electrons. The van der Waals surface area contributed by atoms with Gasteiger partial charge in [-0.05, 0) is 172 Å². The van der Waals surface area contributed by atoms with Crippen LogP contribution in [0.25, 0.3) is 149 Å². The summed E-state index contributed by atoms with van der Waals surface area (Å²) < 4.78 is 8.54. The fourth-order valence-electron chi connectivity index (χ4n) is 11.6. The highest BCUT2D eigenvalue weighted by Gasteiger charge is 2.18.